The first-order valence-electron chi connectivity index (χ1n) is 7.23. The largest absolute Gasteiger partial charge is 0.325 e. The van der Waals surface area contributed by atoms with Crippen molar-refractivity contribution in [1.82, 2.24) is 20.1 Å². The summed E-state index contributed by atoms with van der Waals surface area (Å²) in [6.07, 6.45) is 4.80. The van der Waals surface area contributed by atoms with Gasteiger partial charge in [0.1, 0.15) is 6.33 Å². The van der Waals surface area contributed by atoms with Gasteiger partial charge < -0.3 is 15.2 Å². The summed E-state index contributed by atoms with van der Waals surface area (Å²) in [6.45, 7) is 0.914. The van der Waals surface area contributed by atoms with Crippen LogP contribution in [0.1, 0.15) is 19.3 Å². The molecule has 1 fully saturated rings. The Kier molecular flexibility index (Phi) is 3.96. The van der Waals surface area contributed by atoms with Gasteiger partial charge in [0.25, 0.3) is 0 Å². The van der Waals surface area contributed by atoms with Crippen LogP contribution in [0.2, 0.25) is 0 Å². The number of carbonyl (C=O) groups is 1. The molecule has 0 spiro atoms. The fraction of sp³-hybridized carbons (Fsp3) is 0.400. The molecule has 1 aromatic heterocycles. The average molecular weight is 285 g/mol. The van der Waals surface area contributed by atoms with Crippen molar-refractivity contribution in [1.29, 1.82) is 0 Å². The Bertz CT molecular complexity index is 630. The molecular weight excluding hydrogens is 266 g/mol. The molecule has 3 rings (SSSR count). The van der Waals surface area contributed by atoms with E-state index in [-0.39, 0.29) is 11.9 Å². The zero-order valence-corrected chi connectivity index (χ0v) is 12.0. The molecule has 1 aromatic carbocycles. The van der Waals surface area contributed by atoms with Crippen LogP contribution >= 0.6 is 0 Å². The first-order valence-corrected chi connectivity index (χ1v) is 7.23. The molecular formula is C15H19N5O. The molecule has 1 aliphatic rings. The van der Waals surface area contributed by atoms with E-state index in [1.165, 1.54) is 0 Å². The van der Waals surface area contributed by atoms with Crippen LogP contribution in [0.5, 0.6) is 0 Å². The lowest BCUT2D eigenvalue weighted by atomic mass is 10.0. The van der Waals surface area contributed by atoms with E-state index in [4.69, 9.17) is 0 Å². The van der Waals surface area contributed by atoms with Crippen molar-refractivity contribution >= 4 is 11.6 Å². The summed E-state index contributed by atoms with van der Waals surface area (Å²) in [5.74, 6) is 0.812. The first kappa shape index (κ1) is 13.8. The highest BCUT2D eigenvalue weighted by atomic mass is 16.2. The maximum atomic E-state index is 12.2. The van der Waals surface area contributed by atoms with Crippen LogP contribution in [0.15, 0.2) is 30.6 Å². The van der Waals surface area contributed by atoms with Crippen LogP contribution in [-0.2, 0) is 11.8 Å². The van der Waals surface area contributed by atoms with Crippen molar-refractivity contribution in [2.75, 3.05) is 11.9 Å². The Morgan fingerprint density at radius 2 is 2.33 bits per heavy atom. The van der Waals surface area contributed by atoms with Gasteiger partial charge in [-0.1, -0.05) is 18.6 Å². The van der Waals surface area contributed by atoms with Gasteiger partial charge in [0.2, 0.25) is 5.91 Å². The normalized spacial score (nSPS) is 18.4. The molecule has 2 aromatic rings. The zero-order chi connectivity index (χ0) is 14.7. The highest BCUT2D eigenvalue weighted by Crippen LogP contribution is 2.20. The Balaban J connectivity index is 1.74. The van der Waals surface area contributed by atoms with Crippen molar-refractivity contribution in [2.45, 2.75) is 25.3 Å². The minimum absolute atomic E-state index is 0.0322. The van der Waals surface area contributed by atoms with E-state index < -0.39 is 0 Å². The van der Waals surface area contributed by atoms with Gasteiger partial charge in [0.15, 0.2) is 5.82 Å². The number of amides is 1. The lowest BCUT2D eigenvalue weighted by molar-refractivity contribution is -0.118. The highest BCUT2D eigenvalue weighted by Gasteiger charge is 2.20. The van der Waals surface area contributed by atoms with Gasteiger partial charge in [-0.2, -0.15) is 0 Å². The van der Waals surface area contributed by atoms with Gasteiger partial charge in [0.05, 0.1) is 6.04 Å². The van der Waals surface area contributed by atoms with Crippen LogP contribution in [0.4, 0.5) is 5.69 Å². The van der Waals surface area contributed by atoms with E-state index in [2.05, 4.69) is 20.8 Å². The van der Waals surface area contributed by atoms with Crippen LogP contribution in [0.25, 0.3) is 11.4 Å². The van der Waals surface area contributed by atoms with E-state index in [9.17, 15) is 4.79 Å². The van der Waals surface area contributed by atoms with Crippen LogP contribution in [0, 0.1) is 0 Å². The summed E-state index contributed by atoms with van der Waals surface area (Å²) in [6, 6.07) is 7.59. The second-order valence-corrected chi connectivity index (χ2v) is 5.34. The first-order chi connectivity index (χ1) is 10.2. The third kappa shape index (κ3) is 3.11. The lowest BCUT2D eigenvalue weighted by Crippen LogP contribution is -2.43. The van der Waals surface area contributed by atoms with Crippen LogP contribution in [-0.4, -0.2) is 33.3 Å². The average Bonchev–Trinajstić information content (AvgIpc) is 2.94. The number of piperidine rings is 1. The molecule has 1 atom stereocenters. The Labute approximate surface area is 123 Å². The molecule has 0 aliphatic carbocycles. The molecule has 0 bridgehead atoms. The molecule has 21 heavy (non-hydrogen) atoms. The summed E-state index contributed by atoms with van der Waals surface area (Å²) in [7, 11) is 1.90. The van der Waals surface area contributed by atoms with E-state index in [1.54, 1.807) is 6.33 Å². The molecule has 6 nitrogen and oxygen atoms in total. The fourth-order valence-electron chi connectivity index (χ4n) is 2.59. The maximum absolute atomic E-state index is 12.2. The maximum Gasteiger partial charge on any atom is 0.241 e. The monoisotopic (exact) mass is 285 g/mol. The van der Waals surface area contributed by atoms with E-state index in [1.807, 2.05) is 35.9 Å². The quantitative estimate of drug-likeness (QED) is 0.898. The number of hydrogen-bond donors (Lipinski definition) is 2. The Morgan fingerprint density at radius 1 is 1.43 bits per heavy atom. The fourth-order valence-corrected chi connectivity index (χ4v) is 2.59. The molecule has 1 saturated heterocycles. The van der Waals surface area contributed by atoms with E-state index in [0.717, 1.165) is 42.9 Å². The van der Waals surface area contributed by atoms with E-state index >= 15 is 0 Å². The van der Waals surface area contributed by atoms with Crippen molar-refractivity contribution in [3.05, 3.63) is 30.6 Å². The van der Waals surface area contributed by atoms with Gasteiger partial charge in [0, 0.05) is 18.3 Å². The highest BCUT2D eigenvalue weighted by molar-refractivity contribution is 5.95. The Hall–Kier alpha value is -2.21. The number of anilines is 1. The zero-order valence-electron chi connectivity index (χ0n) is 12.0. The second kappa shape index (κ2) is 6.05. The second-order valence-electron chi connectivity index (χ2n) is 5.34. The molecule has 6 heteroatoms. The minimum atomic E-state index is -0.0859. The number of rotatable bonds is 3. The summed E-state index contributed by atoms with van der Waals surface area (Å²) >= 11 is 0. The predicted molar refractivity (Wildman–Crippen MR) is 80.7 cm³/mol. The summed E-state index contributed by atoms with van der Waals surface area (Å²) < 4.78 is 1.85. The number of aromatic nitrogens is 3. The number of aryl methyl sites for hydroxylation is 1. The number of benzene rings is 1. The Morgan fingerprint density at radius 3 is 3.05 bits per heavy atom. The van der Waals surface area contributed by atoms with E-state index in [0.29, 0.717) is 0 Å². The van der Waals surface area contributed by atoms with Gasteiger partial charge in [-0.15, -0.1) is 10.2 Å². The van der Waals surface area contributed by atoms with Crippen molar-refractivity contribution in [3.8, 4) is 11.4 Å². The number of nitrogens with zero attached hydrogens (tertiary/aromatic N) is 3. The van der Waals surface area contributed by atoms with Crippen molar-refractivity contribution in [2.24, 2.45) is 7.05 Å². The summed E-state index contributed by atoms with van der Waals surface area (Å²) in [5, 5.41) is 14.2. The molecule has 1 aliphatic heterocycles. The number of hydrogen-bond acceptors (Lipinski definition) is 4. The third-order valence-corrected chi connectivity index (χ3v) is 3.73. The molecule has 1 amide bonds. The third-order valence-electron chi connectivity index (χ3n) is 3.73. The topological polar surface area (TPSA) is 71.8 Å². The smallest absolute Gasteiger partial charge is 0.241 e. The SMILES string of the molecule is Cn1cnnc1-c1cccc(NC(=O)C2CCCCN2)c1. The molecule has 2 heterocycles. The lowest BCUT2D eigenvalue weighted by Gasteiger charge is -2.22. The molecule has 1 unspecified atom stereocenters. The summed E-state index contributed by atoms with van der Waals surface area (Å²) in [5.41, 5.74) is 1.72. The van der Waals surface area contributed by atoms with Gasteiger partial charge >= 0.3 is 0 Å². The van der Waals surface area contributed by atoms with Gasteiger partial charge in [-0.05, 0) is 31.5 Å². The van der Waals surface area contributed by atoms with Crippen LogP contribution < -0.4 is 10.6 Å². The van der Waals surface area contributed by atoms with Crippen LogP contribution in [0.3, 0.4) is 0 Å². The molecule has 2 N–H and O–H groups in total. The standard InChI is InChI=1S/C15H19N5O/c1-20-10-17-19-14(20)11-5-4-6-12(9-11)18-15(21)13-7-2-3-8-16-13/h4-6,9-10,13,16H,2-3,7-8H2,1H3,(H,18,21). The van der Waals surface area contributed by atoms with Gasteiger partial charge in [-0.3, -0.25) is 4.79 Å². The number of carbonyl (C=O) groups excluding carboxylic acids is 1. The molecule has 0 saturated carbocycles. The van der Waals surface area contributed by atoms with Gasteiger partial charge in [-0.25, -0.2) is 0 Å². The van der Waals surface area contributed by atoms with Crippen molar-refractivity contribution < 1.29 is 4.79 Å². The number of nitrogens with one attached hydrogen (secondary N) is 2. The molecule has 0 radical (unpaired) electrons. The molecule has 110 valence electrons. The van der Waals surface area contributed by atoms with Crippen molar-refractivity contribution in [3.63, 3.8) is 0 Å². The predicted octanol–water partition coefficient (Wildman–Crippen LogP) is 1.56. The summed E-state index contributed by atoms with van der Waals surface area (Å²) in [4.78, 5) is 12.2. The minimum Gasteiger partial charge on any atom is -0.325 e.